The average molecular weight is 244 g/mol. The molecule has 0 aliphatic heterocycles. The third-order valence-electron chi connectivity index (χ3n) is 2.25. The first kappa shape index (κ1) is 13.0. The molecule has 0 saturated carbocycles. The molecule has 4 heteroatoms. The van der Waals surface area contributed by atoms with Crippen LogP contribution in [-0.4, -0.2) is 7.05 Å². The van der Waals surface area contributed by atoms with Gasteiger partial charge in [0.2, 0.25) is 0 Å². The molecule has 1 rings (SSSR count). The van der Waals surface area contributed by atoms with Crippen LogP contribution in [0.25, 0.3) is 0 Å². The Balaban J connectivity index is 3.07. The number of rotatable bonds is 3. The summed E-state index contributed by atoms with van der Waals surface area (Å²) in [7, 11) is 1.67. The van der Waals surface area contributed by atoms with Gasteiger partial charge in [0.25, 0.3) is 0 Å². The Hall–Kier alpha value is -1.11. The highest BCUT2D eigenvalue weighted by atomic mass is 35.5. The van der Waals surface area contributed by atoms with Gasteiger partial charge >= 0.3 is 0 Å². The minimum atomic E-state index is -0.622. The van der Waals surface area contributed by atoms with E-state index in [2.05, 4.69) is 17.2 Å². The minimum absolute atomic E-state index is 0.210. The fourth-order valence-electron chi connectivity index (χ4n) is 1.38. The first-order chi connectivity index (χ1) is 7.60. The lowest BCUT2D eigenvalue weighted by Crippen LogP contribution is -2.17. The zero-order chi connectivity index (χ0) is 12.1. The predicted octanol–water partition coefficient (Wildman–Crippen LogP) is 3.29. The monoisotopic (exact) mass is 243 g/mol. The highest BCUT2D eigenvalue weighted by Crippen LogP contribution is 2.25. The van der Waals surface area contributed by atoms with Crippen molar-refractivity contribution in [3.8, 4) is 11.8 Å². The molecule has 0 saturated heterocycles. The second-order valence-electron chi connectivity index (χ2n) is 3.26. The van der Waals surface area contributed by atoms with Crippen LogP contribution in [-0.2, 0) is 0 Å². The first-order valence-electron chi connectivity index (χ1n) is 4.81. The van der Waals surface area contributed by atoms with Crippen molar-refractivity contribution in [2.75, 3.05) is 7.05 Å². The summed E-state index contributed by atoms with van der Waals surface area (Å²) in [5, 5.41) is 2.68. The Kier molecular flexibility index (Phi) is 4.72. The fourth-order valence-corrected chi connectivity index (χ4v) is 1.53. The lowest BCUT2D eigenvalue weighted by Gasteiger charge is -2.15. The average Bonchev–Trinajstić information content (AvgIpc) is 2.26. The van der Waals surface area contributed by atoms with Crippen LogP contribution >= 0.6 is 11.6 Å². The Morgan fingerprint density at radius 2 is 2.06 bits per heavy atom. The van der Waals surface area contributed by atoms with Gasteiger partial charge < -0.3 is 5.32 Å². The van der Waals surface area contributed by atoms with E-state index in [1.807, 2.05) is 0 Å². The molecule has 86 valence electrons. The van der Waals surface area contributed by atoms with Crippen LogP contribution in [0.1, 0.15) is 24.9 Å². The third kappa shape index (κ3) is 2.94. The normalized spacial score (nSPS) is 11.8. The lowest BCUT2D eigenvalue weighted by atomic mass is 10.0. The van der Waals surface area contributed by atoms with Crippen molar-refractivity contribution < 1.29 is 8.78 Å². The summed E-state index contributed by atoms with van der Waals surface area (Å²) in [4.78, 5) is 0. The molecule has 0 amide bonds. The van der Waals surface area contributed by atoms with Gasteiger partial charge in [-0.15, -0.1) is 11.8 Å². The number of halogens is 3. The van der Waals surface area contributed by atoms with Gasteiger partial charge in [0.1, 0.15) is 11.6 Å². The molecule has 0 spiro atoms. The van der Waals surface area contributed by atoms with Crippen LogP contribution in [0.3, 0.4) is 0 Å². The predicted molar refractivity (Wildman–Crippen MR) is 61.2 cm³/mol. The number of nitrogens with one attached hydrogen (secondary N) is 1. The molecule has 0 aliphatic rings. The molecule has 0 aromatic heterocycles. The summed E-state index contributed by atoms with van der Waals surface area (Å²) in [6, 6.07) is 1.76. The largest absolute Gasteiger partial charge is 0.312 e. The van der Waals surface area contributed by atoms with Crippen LogP contribution in [0.4, 0.5) is 8.78 Å². The Labute approximate surface area is 98.8 Å². The first-order valence-corrected chi connectivity index (χ1v) is 5.19. The van der Waals surface area contributed by atoms with Gasteiger partial charge in [-0.2, -0.15) is 0 Å². The quantitative estimate of drug-likeness (QED) is 0.635. The third-order valence-corrected chi connectivity index (χ3v) is 2.54. The Bertz CT molecular complexity index is 435. The smallest absolute Gasteiger partial charge is 0.142 e. The summed E-state index contributed by atoms with van der Waals surface area (Å²) in [6.07, 6.45) is 0.422. The van der Waals surface area contributed by atoms with E-state index in [1.165, 1.54) is 0 Å². The lowest BCUT2D eigenvalue weighted by molar-refractivity contribution is 0.531. The summed E-state index contributed by atoms with van der Waals surface area (Å²) in [6.45, 7) is 1.70. The summed E-state index contributed by atoms with van der Waals surface area (Å²) in [5.74, 6) is 4.39. The molecular formula is C12H12ClF2N. The van der Waals surface area contributed by atoms with E-state index in [9.17, 15) is 8.78 Å². The number of benzene rings is 1. The Morgan fingerprint density at radius 1 is 1.38 bits per heavy atom. The van der Waals surface area contributed by atoms with Crippen molar-refractivity contribution in [2.24, 2.45) is 0 Å². The number of hydrogen-bond donors (Lipinski definition) is 1. The van der Waals surface area contributed by atoms with E-state index < -0.39 is 11.6 Å². The molecule has 1 atom stereocenters. The van der Waals surface area contributed by atoms with E-state index in [0.717, 1.165) is 12.1 Å². The molecule has 16 heavy (non-hydrogen) atoms. The van der Waals surface area contributed by atoms with Gasteiger partial charge in [0.05, 0.1) is 5.02 Å². The Morgan fingerprint density at radius 3 is 2.62 bits per heavy atom. The highest BCUT2D eigenvalue weighted by Gasteiger charge is 2.15. The maximum Gasteiger partial charge on any atom is 0.142 e. The van der Waals surface area contributed by atoms with Gasteiger partial charge in [0.15, 0.2) is 0 Å². The van der Waals surface area contributed by atoms with E-state index >= 15 is 0 Å². The van der Waals surface area contributed by atoms with E-state index in [4.69, 9.17) is 11.6 Å². The standard InChI is InChI=1S/C12H12ClF2N/c1-3-4-5-12(16-2)8-6-11(15)9(13)7-10(8)14/h6-7,12,16H,5H2,1-2H3. The van der Waals surface area contributed by atoms with Gasteiger partial charge in [-0.25, -0.2) is 8.78 Å². The van der Waals surface area contributed by atoms with Crippen molar-refractivity contribution in [2.45, 2.75) is 19.4 Å². The molecule has 1 N–H and O–H groups in total. The van der Waals surface area contributed by atoms with Crippen LogP contribution < -0.4 is 5.32 Å². The SMILES string of the molecule is CC#CCC(NC)c1cc(F)c(Cl)cc1F. The second kappa shape index (κ2) is 5.83. The minimum Gasteiger partial charge on any atom is -0.312 e. The fraction of sp³-hybridized carbons (Fsp3) is 0.333. The molecule has 1 aromatic carbocycles. The maximum atomic E-state index is 13.6. The molecule has 0 fully saturated rings. The van der Waals surface area contributed by atoms with Crippen LogP contribution in [0.5, 0.6) is 0 Å². The second-order valence-corrected chi connectivity index (χ2v) is 3.67. The maximum absolute atomic E-state index is 13.6. The van der Waals surface area contributed by atoms with Crippen LogP contribution in [0, 0.1) is 23.5 Å². The van der Waals surface area contributed by atoms with Crippen LogP contribution in [0.2, 0.25) is 5.02 Å². The summed E-state index contributed by atoms with van der Waals surface area (Å²) in [5.41, 5.74) is 0.243. The summed E-state index contributed by atoms with van der Waals surface area (Å²) >= 11 is 5.47. The van der Waals surface area contributed by atoms with Gasteiger partial charge in [-0.3, -0.25) is 0 Å². The highest BCUT2D eigenvalue weighted by molar-refractivity contribution is 6.30. The molecule has 1 nitrogen and oxygen atoms in total. The molecule has 0 radical (unpaired) electrons. The van der Waals surface area contributed by atoms with E-state index in [1.54, 1.807) is 14.0 Å². The number of hydrogen-bond acceptors (Lipinski definition) is 1. The molecular weight excluding hydrogens is 232 g/mol. The van der Waals surface area contributed by atoms with E-state index in [0.29, 0.717) is 6.42 Å². The van der Waals surface area contributed by atoms with E-state index in [-0.39, 0.29) is 16.6 Å². The van der Waals surface area contributed by atoms with Gasteiger partial charge in [0, 0.05) is 18.0 Å². The molecule has 0 heterocycles. The van der Waals surface area contributed by atoms with Crippen molar-refractivity contribution in [3.05, 3.63) is 34.4 Å². The molecule has 1 unspecified atom stereocenters. The zero-order valence-corrected chi connectivity index (χ0v) is 9.83. The zero-order valence-electron chi connectivity index (χ0n) is 9.07. The van der Waals surface area contributed by atoms with Crippen molar-refractivity contribution in [1.82, 2.24) is 5.32 Å². The summed E-state index contributed by atoms with van der Waals surface area (Å²) < 4.78 is 26.8. The van der Waals surface area contributed by atoms with Gasteiger partial charge in [-0.05, 0) is 26.1 Å². The van der Waals surface area contributed by atoms with Crippen LogP contribution in [0.15, 0.2) is 12.1 Å². The molecule has 0 aliphatic carbocycles. The topological polar surface area (TPSA) is 12.0 Å². The van der Waals surface area contributed by atoms with Crippen molar-refractivity contribution >= 4 is 11.6 Å². The van der Waals surface area contributed by atoms with Crippen molar-refractivity contribution in [3.63, 3.8) is 0 Å². The molecule has 0 bridgehead atoms. The molecule has 1 aromatic rings. The van der Waals surface area contributed by atoms with Crippen molar-refractivity contribution in [1.29, 1.82) is 0 Å². The van der Waals surface area contributed by atoms with Gasteiger partial charge in [-0.1, -0.05) is 11.6 Å².